The average Bonchev–Trinajstić information content (AvgIpc) is 3.54. The molecule has 186 valence electrons. The largest absolute Gasteiger partial charge is 0.495 e. The maximum Gasteiger partial charge on any atom is 0.273 e. The van der Waals surface area contributed by atoms with Gasteiger partial charge in [-0.2, -0.15) is 0 Å². The Labute approximate surface area is 217 Å². The molecule has 0 N–H and O–H groups in total. The van der Waals surface area contributed by atoms with Crippen LogP contribution in [-0.2, 0) is 10.5 Å². The van der Waals surface area contributed by atoms with Crippen LogP contribution in [0.15, 0.2) is 59.3 Å². The SMILES string of the molecule is COc1ccccc1-n1c(SCc2nc(C(=O)N3CC(C)OC(C)C3)cs2)nnc1-c1ccncc1. The molecule has 1 aliphatic heterocycles. The van der Waals surface area contributed by atoms with Crippen molar-refractivity contribution in [3.63, 3.8) is 0 Å². The highest BCUT2D eigenvalue weighted by Gasteiger charge is 2.28. The molecular weight excluding hydrogens is 496 g/mol. The number of thiazole rings is 1. The number of para-hydroxylation sites is 2. The van der Waals surface area contributed by atoms with Crippen molar-refractivity contribution in [1.82, 2.24) is 29.6 Å². The van der Waals surface area contributed by atoms with Gasteiger partial charge in [-0.25, -0.2) is 4.98 Å². The molecule has 1 fully saturated rings. The zero-order valence-electron chi connectivity index (χ0n) is 20.2. The van der Waals surface area contributed by atoms with E-state index in [9.17, 15) is 4.79 Å². The molecule has 0 radical (unpaired) electrons. The minimum Gasteiger partial charge on any atom is -0.495 e. The third kappa shape index (κ3) is 5.13. The maximum absolute atomic E-state index is 13.0. The Morgan fingerprint density at radius 3 is 2.64 bits per heavy atom. The smallest absolute Gasteiger partial charge is 0.273 e. The van der Waals surface area contributed by atoms with Gasteiger partial charge in [0.15, 0.2) is 11.0 Å². The van der Waals surface area contributed by atoms with Crippen LogP contribution >= 0.6 is 23.1 Å². The molecule has 0 saturated carbocycles. The summed E-state index contributed by atoms with van der Waals surface area (Å²) in [5, 5.41) is 12.3. The molecule has 11 heteroatoms. The molecule has 0 bridgehead atoms. The molecule has 1 aliphatic rings. The zero-order valence-corrected chi connectivity index (χ0v) is 21.8. The summed E-state index contributed by atoms with van der Waals surface area (Å²) in [5.41, 5.74) is 2.21. The van der Waals surface area contributed by atoms with E-state index in [2.05, 4.69) is 20.2 Å². The lowest BCUT2D eigenvalue weighted by atomic mass is 10.2. The zero-order chi connectivity index (χ0) is 25.1. The van der Waals surface area contributed by atoms with Gasteiger partial charge in [0.05, 0.1) is 30.8 Å². The van der Waals surface area contributed by atoms with Gasteiger partial charge < -0.3 is 14.4 Å². The third-order valence-electron chi connectivity index (χ3n) is 5.70. The van der Waals surface area contributed by atoms with Crippen LogP contribution in [0.25, 0.3) is 17.1 Å². The van der Waals surface area contributed by atoms with Gasteiger partial charge in [-0.05, 0) is 38.1 Å². The number of carbonyl (C=O) groups is 1. The number of pyridine rings is 1. The van der Waals surface area contributed by atoms with Gasteiger partial charge in [0.25, 0.3) is 5.91 Å². The highest BCUT2D eigenvalue weighted by Crippen LogP contribution is 2.34. The van der Waals surface area contributed by atoms with Gasteiger partial charge in [0.2, 0.25) is 0 Å². The highest BCUT2D eigenvalue weighted by molar-refractivity contribution is 7.98. The van der Waals surface area contributed by atoms with E-state index in [1.807, 2.05) is 65.1 Å². The van der Waals surface area contributed by atoms with Crippen LogP contribution in [0.1, 0.15) is 29.3 Å². The van der Waals surface area contributed by atoms with Gasteiger partial charge in [-0.3, -0.25) is 14.3 Å². The second-order valence-electron chi connectivity index (χ2n) is 8.43. The van der Waals surface area contributed by atoms with Crippen LogP contribution < -0.4 is 4.74 Å². The van der Waals surface area contributed by atoms with Gasteiger partial charge >= 0.3 is 0 Å². The molecular formula is C25H26N6O3S2. The quantitative estimate of drug-likeness (QED) is 0.331. The topological polar surface area (TPSA) is 95.3 Å². The molecule has 2 unspecified atom stereocenters. The number of amides is 1. The monoisotopic (exact) mass is 522 g/mol. The Morgan fingerprint density at radius 2 is 1.89 bits per heavy atom. The summed E-state index contributed by atoms with van der Waals surface area (Å²) < 4.78 is 13.4. The second-order valence-corrected chi connectivity index (χ2v) is 10.3. The third-order valence-corrected chi connectivity index (χ3v) is 7.67. The van der Waals surface area contributed by atoms with Crippen LogP contribution in [0.5, 0.6) is 5.75 Å². The average molecular weight is 523 g/mol. The number of carbonyl (C=O) groups excluding carboxylic acids is 1. The lowest BCUT2D eigenvalue weighted by Crippen LogP contribution is -2.48. The Morgan fingerprint density at radius 1 is 1.14 bits per heavy atom. The van der Waals surface area contributed by atoms with Crippen LogP contribution in [0.4, 0.5) is 0 Å². The van der Waals surface area contributed by atoms with Crippen molar-refractivity contribution in [3.8, 4) is 22.8 Å². The van der Waals surface area contributed by atoms with Gasteiger partial charge in [-0.1, -0.05) is 23.9 Å². The summed E-state index contributed by atoms with van der Waals surface area (Å²) in [6, 6.07) is 11.6. The number of morpholine rings is 1. The fourth-order valence-corrected chi connectivity index (χ4v) is 5.92. The van der Waals surface area contributed by atoms with E-state index >= 15 is 0 Å². The molecule has 36 heavy (non-hydrogen) atoms. The normalized spacial score (nSPS) is 17.8. The van der Waals surface area contributed by atoms with Crippen molar-refractivity contribution in [1.29, 1.82) is 0 Å². The second kappa shape index (κ2) is 10.8. The maximum atomic E-state index is 13.0. The van der Waals surface area contributed by atoms with Gasteiger partial charge in [0, 0.05) is 36.4 Å². The lowest BCUT2D eigenvalue weighted by Gasteiger charge is -2.34. The van der Waals surface area contributed by atoms with Crippen molar-refractivity contribution < 1.29 is 14.3 Å². The number of ether oxygens (including phenoxy) is 2. The van der Waals surface area contributed by atoms with Crippen molar-refractivity contribution in [2.75, 3.05) is 20.2 Å². The number of thioether (sulfide) groups is 1. The predicted octanol–water partition coefficient (Wildman–Crippen LogP) is 4.34. The van der Waals surface area contributed by atoms with E-state index in [1.54, 1.807) is 19.5 Å². The number of aromatic nitrogens is 5. The molecule has 9 nitrogen and oxygen atoms in total. The fourth-order valence-electron chi connectivity index (χ4n) is 4.19. The van der Waals surface area contributed by atoms with E-state index in [1.165, 1.54) is 23.1 Å². The van der Waals surface area contributed by atoms with E-state index in [-0.39, 0.29) is 18.1 Å². The molecule has 2 atom stereocenters. The predicted molar refractivity (Wildman–Crippen MR) is 139 cm³/mol. The Hall–Kier alpha value is -3.28. The number of nitrogens with zero attached hydrogens (tertiary/aromatic N) is 6. The Bertz CT molecular complexity index is 1330. The van der Waals surface area contributed by atoms with Crippen molar-refractivity contribution >= 4 is 29.0 Å². The minimum absolute atomic E-state index is 0.0160. The number of hydrogen-bond acceptors (Lipinski definition) is 9. The summed E-state index contributed by atoms with van der Waals surface area (Å²) in [5.74, 6) is 1.90. The lowest BCUT2D eigenvalue weighted by molar-refractivity contribution is -0.0587. The molecule has 5 rings (SSSR count). The number of rotatable bonds is 7. The summed E-state index contributed by atoms with van der Waals surface area (Å²) in [6.07, 6.45) is 3.49. The summed E-state index contributed by atoms with van der Waals surface area (Å²) >= 11 is 2.99. The fraction of sp³-hybridized carbons (Fsp3) is 0.320. The van der Waals surface area contributed by atoms with E-state index < -0.39 is 0 Å². The van der Waals surface area contributed by atoms with E-state index in [0.717, 1.165) is 16.3 Å². The molecule has 0 aliphatic carbocycles. The molecule has 1 amide bonds. The molecule has 1 saturated heterocycles. The summed E-state index contributed by atoms with van der Waals surface area (Å²) in [4.78, 5) is 23.6. The molecule has 4 heterocycles. The van der Waals surface area contributed by atoms with Gasteiger partial charge in [-0.15, -0.1) is 21.5 Å². The Kier molecular flexibility index (Phi) is 7.30. The van der Waals surface area contributed by atoms with Crippen LogP contribution in [-0.4, -0.2) is 67.9 Å². The molecule has 4 aromatic rings. The van der Waals surface area contributed by atoms with Crippen LogP contribution in [0.3, 0.4) is 0 Å². The number of hydrogen-bond donors (Lipinski definition) is 0. The van der Waals surface area contributed by atoms with Gasteiger partial charge in [0.1, 0.15) is 16.5 Å². The number of methoxy groups -OCH3 is 1. The first-order chi connectivity index (χ1) is 17.5. The van der Waals surface area contributed by atoms with Crippen molar-refractivity contribution in [2.45, 2.75) is 37.0 Å². The van der Waals surface area contributed by atoms with Crippen LogP contribution in [0, 0.1) is 0 Å². The first-order valence-corrected chi connectivity index (χ1v) is 13.4. The number of benzene rings is 1. The standard InChI is InChI=1S/C25H26N6O3S2/c1-16-12-30(13-17(2)34-16)24(32)19-14-35-22(27-19)15-36-25-29-28-23(18-8-10-26-11-9-18)31(25)20-6-4-5-7-21(20)33-3/h4-11,14,16-17H,12-13,15H2,1-3H3. The van der Waals surface area contributed by atoms with Crippen molar-refractivity contribution in [3.05, 3.63) is 64.9 Å². The molecule has 1 aromatic carbocycles. The minimum atomic E-state index is -0.0540. The van der Waals surface area contributed by atoms with Crippen molar-refractivity contribution in [2.24, 2.45) is 0 Å². The first kappa shape index (κ1) is 24.4. The van der Waals surface area contributed by atoms with E-state index in [0.29, 0.717) is 41.3 Å². The Balaban J connectivity index is 1.39. The first-order valence-electron chi connectivity index (χ1n) is 11.5. The molecule has 3 aromatic heterocycles. The summed E-state index contributed by atoms with van der Waals surface area (Å²) in [7, 11) is 1.65. The highest BCUT2D eigenvalue weighted by atomic mass is 32.2. The summed E-state index contributed by atoms with van der Waals surface area (Å²) in [6.45, 7) is 5.11. The molecule has 0 spiro atoms. The van der Waals surface area contributed by atoms with Crippen LogP contribution in [0.2, 0.25) is 0 Å². The van der Waals surface area contributed by atoms with E-state index in [4.69, 9.17) is 9.47 Å².